The van der Waals surface area contributed by atoms with E-state index < -0.39 is 0 Å². The molecule has 2 saturated heterocycles. The van der Waals surface area contributed by atoms with Gasteiger partial charge in [-0.1, -0.05) is 12.8 Å². The highest BCUT2D eigenvalue weighted by atomic mass is 16.2. The molecule has 104 valence electrons. The van der Waals surface area contributed by atoms with Gasteiger partial charge in [0.2, 0.25) is 11.8 Å². The van der Waals surface area contributed by atoms with Crippen LogP contribution in [-0.4, -0.2) is 40.4 Å². The Bertz CT molecular complexity index is 402. The Balaban J connectivity index is 1.69. The van der Waals surface area contributed by atoms with Crippen LogP contribution in [0, 0.1) is 11.8 Å². The van der Waals surface area contributed by atoms with E-state index in [1.54, 1.807) is 4.90 Å². The molecule has 2 aliphatic heterocycles. The van der Waals surface area contributed by atoms with Crippen LogP contribution in [0.3, 0.4) is 0 Å². The first-order valence-corrected chi connectivity index (χ1v) is 7.87. The van der Waals surface area contributed by atoms with Crippen molar-refractivity contribution in [1.82, 2.24) is 9.80 Å². The van der Waals surface area contributed by atoms with E-state index in [0.717, 1.165) is 13.1 Å². The molecule has 4 rings (SSSR count). The predicted octanol–water partition coefficient (Wildman–Crippen LogP) is 1.75. The number of carbonyl (C=O) groups excluding carboxylic acids is 2. The molecule has 1 unspecified atom stereocenters. The maximum absolute atomic E-state index is 12.2. The Morgan fingerprint density at radius 3 is 2.00 bits per heavy atom. The number of amides is 2. The Hall–Kier alpha value is -0.900. The van der Waals surface area contributed by atoms with E-state index in [1.807, 2.05) is 0 Å². The number of likely N-dealkylation sites (tertiary alicyclic amines) is 2. The minimum atomic E-state index is -0.177. The fraction of sp³-hybridized carbons (Fsp3) is 0.867. The average Bonchev–Trinajstić information content (AvgIpc) is 2.79. The van der Waals surface area contributed by atoms with Crippen molar-refractivity contribution in [3.8, 4) is 0 Å². The third-order valence-electron chi connectivity index (χ3n) is 5.77. The van der Waals surface area contributed by atoms with Gasteiger partial charge >= 0.3 is 0 Å². The molecule has 2 heterocycles. The van der Waals surface area contributed by atoms with Gasteiger partial charge in [-0.25, -0.2) is 0 Å². The number of imide groups is 1. The fourth-order valence-electron chi connectivity index (χ4n) is 5.06. The third-order valence-corrected chi connectivity index (χ3v) is 5.77. The van der Waals surface area contributed by atoms with Crippen LogP contribution in [0.4, 0.5) is 0 Å². The molecule has 2 saturated carbocycles. The molecule has 4 nitrogen and oxygen atoms in total. The molecule has 0 radical (unpaired) electrons. The number of hydrogen-bond donors (Lipinski definition) is 0. The first-order chi connectivity index (χ1) is 9.26. The van der Waals surface area contributed by atoms with Crippen molar-refractivity contribution in [3.63, 3.8) is 0 Å². The SMILES string of the molecule is O=C1CCC(=O)N1C1(N2CCCCC2)[C@@H]2CCC[C@@H]21. The van der Waals surface area contributed by atoms with Crippen molar-refractivity contribution in [2.75, 3.05) is 13.1 Å². The van der Waals surface area contributed by atoms with Crippen LogP contribution in [0.15, 0.2) is 0 Å². The summed E-state index contributed by atoms with van der Waals surface area (Å²) in [5.41, 5.74) is -0.177. The maximum atomic E-state index is 12.2. The normalized spacial score (nSPS) is 42.8. The second kappa shape index (κ2) is 4.05. The lowest BCUT2D eigenvalue weighted by Crippen LogP contribution is -2.57. The van der Waals surface area contributed by atoms with Crippen LogP contribution in [0.25, 0.3) is 0 Å². The van der Waals surface area contributed by atoms with Crippen molar-refractivity contribution in [2.45, 2.75) is 57.0 Å². The van der Waals surface area contributed by atoms with Crippen molar-refractivity contribution >= 4 is 11.8 Å². The van der Waals surface area contributed by atoms with Crippen LogP contribution < -0.4 is 0 Å². The van der Waals surface area contributed by atoms with Gasteiger partial charge in [-0.2, -0.15) is 0 Å². The van der Waals surface area contributed by atoms with Gasteiger partial charge in [0.15, 0.2) is 0 Å². The van der Waals surface area contributed by atoms with Gasteiger partial charge in [0, 0.05) is 37.8 Å². The van der Waals surface area contributed by atoms with Crippen molar-refractivity contribution < 1.29 is 9.59 Å². The molecule has 0 aromatic heterocycles. The second-order valence-electron chi connectivity index (χ2n) is 6.60. The van der Waals surface area contributed by atoms with Gasteiger partial charge in [-0.3, -0.25) is 19.4 Å². The van der Waals surface area contributed by atoms with Gasteiger partial charge in [-0.05, 0) is 25.7 Å². The standard InChI is InChI=1S/C15H22N2O2/c18-13-7-8-14(19)17(13)15(11-5-4-6-12(11)15)16-9-2-1-3-10-16/h11-12H,1-10H2/t11-,12+,15?. The summed E-state index contributed by atoms with van der Waals surface area (Å²) in [7, 11) is 0. The van der Waals surface area contributed by atoms with Crippen LogP contribution >= 0.6 is 0 Å². The highest BCUT2D eigenvalue weighted by Crippen LogP contribution is 2.66. The summed E-state index contributed by atoms with van der Waals surface area (Å²) >= 11 is 0. The molecule has 0 bridgehead atoms. The summed E-state index contributed by atoms with van der Waals surface area (Å²) in [5.74, 6) is 1.34. The van der Waals surface area contributed by atoms with Gasteiger partial charge in [-0.15, -0.1) is 0 Å². The van der Waals surface area contributed by atoms with Crippen molar-refractivity contribution in [2.24, 2.45) is 11.8 Å². The Labute approximate surface area is 114 Å². The lowest BCUT2D eigenvalue weighted by molar-refractivity contribution is -0.151. The molecule has 2 amide bonds. The first kappa shape index (κ1) is 11.9. The number of fused-ring (bicyclic) bond motifs is 1. The molecule has 3 atom stereocenters. The van der Waals surface area contributed by atoms with E-state index in [-0.39, 0.29) is 17.5 Å². The zero-order valence-corrected chi connectivity index (χ0v) is 11.4. The molecule has 0 N–H and O–H groups in total. The number of carbonyl (C=O) groups is 2. The minimum Gasteiger partial charge on any atom is -0.280 e. The van der Waals surface area contributed by atoms with E-state index in [2.05, 4.69) is 4.90 Å². The Morgan fingerprint density at radius 2 is 1.42 bits per heavy atom. The summed E-state index contributed by atoms with van der Waals surface area (Å²) in [5, 5.41) is 0. The summed E-state index contributed by atoms with van der Waals surface area (Å²) in [4.78, 5) is 28.6. The zero-order chi connectivity index (χ0) is 13.0. The minimum absolute atomic E-state index is 0.0879. The van der Waals surface area contributed by atoms with Crippen LogP contribution in [0.5, 0.6) is 0 Å². The van der Waals surface area contributed by atoms with Crippen LogP contribution in [0.1, 0.15) is 51.4 Å². The lowest BCUT2D eigenvalue weighted by Gasteiger charge is -2.42. The Kier molecular flexibility index (Phi) is 2.53. The number of piperidine rings is 1. The molecule has 0 aromatic carbocycles. The highest BCUT2D eigenvalue weighted by molar-refractivity contribution is 6.03. The largest absolute Gasteiger partial charge is 0.280 e. The fourth-order valence-corrected chi connectivity index (χ4v) is 5.06. The van der Waals surface area contributed by atoms with E-state index in [9.17, 15) is 9.59 Å². The van der Waals surface area contributed by atoms with Crippen LogP contribution in [-0.2, 0) is 9.59 Å². The average molecular weight is 262 g/mol. The number of nitrogens with zero attached hydrogens (tertiary/aromatic N) is 2. The monoisotopic (exact) mass is 262 g/mol. The highest BCUT2D eigenvalue weighted by Gasteiger charge is 2.74. The van der Waals surface area contributed by atoms with Gasteiger partial charge < -0.3 is 0 Å². The quantitative estimate of drug-likeness (QED) is 0.712. The molecule has 0 spiro atoms. The molecular weight excluding hydrogens is 240 g/mol. The van der Waals surface area contributed by atoms with Crippen LogP contribution in [0.2, 0.25) is 0 Å². The zero-order valence-electron chi connectivity index (χ0n) is 11.4. The van der Waals surface area contributed by atoms with E-state index in [0.29, 0.717) is 24.7 Å². The van der Waals surface area contributed by atoms with Gasteiger partial charge in [0.25, 0.3) is 0 Å². The van der Waals surface area contributed by atoms with E-state index in [1.165, 1.54) is 38.5 Å². The summed E-state index contributed by atoms with van der Waals surface area (Å²) in [6.07, 6.45) is 8.30. The molecule has 4 fully saturated rings. The maximum Gasteiger partial charge on any atom is 0.231 e. The molecular formula is C15H22N2O2. The molecule has 0 aromatic rings. The van der Waals surface area contributed by atoms with E-state index >= 15 is 0 Å². The summed E-state index contributed by atoms with van der Waals surface area (Å²) < 4.78 is 0. The van der Waals surface area contributed by atoms with Crippen molar-refractivity contribution in [1.29, 1.82) is 0 Å². The third kappa shape index (κ3) is 1.44. The number of hydrogen-bond acceptors (Lipinski definition) is 3. The summed E-state index contributed by atoms with van der Waals surface area (Å²) in [6.45, 7) is 2.15. The smallest absolute Gasteiger partial charge is 0.231 e. The first-order valence-electron chi connectivity index (χ1n) is 7.87. The Morgan fingerprint density at radius 1 is 0.842 bits per heavy atom. The van der Waals surface area contributed by atoms with Crippen molar-refractivity contribution in [3.05, 3.63) is 0 Å². The lowest BCUT2D eigenvalue weighted by atomic mass is 10.0. The topological polar surface area (TPSA) is 40.6 Å². The second-order valence-corrected chi connectivity index (χ2v) is 6.60. The predicted molar refractivity (Wildman–Crippen MR) is 70.1 cm³/mol. The molecule has 19 heavy (non-hydrogen) atoms. The number of rotatable bonds is 2. The summed E-state index contributed by atoms with van der Waals surface area (Å²) in [6, 6.07) is 0. The molecule has 2 aliphatic carbocycles. The van der Waals surface area contributed by atoms with Gasteiger partial charge in [0.1, 0.15) is 5.66 Å². The molecule has 4 heteroatoms. The van der Waals surface area contributed by atoms with Gasteiger partial charge in [0.05, 0.1) is 0 Å². The molecule has 4 aliphatic rings. The van der Waals surface area contributed by atoms with E-state index in [4.69, 9.17) is 0 Å².